The first-order chi connectivity index (χ1) is 30.1. The summed E-state index contributed by atoms with van der Waals surface area (Å²) in [4.78, 5) is 15.4. The van der Waals surface area contributed by atoms with Crippen LogP contribution in [0, 0.1) is 0 Å². The smallest absolute Gasteiger partial charge is 0.164 e. The Morgan fingerprint density at radius 1 is 0.274 bits per heavy atom. The number of hydrogen-bond donors (Lipinski definition) is 0. The van der Waals surface area contributed by atoms with Crippen LogP contribution in [0.5, 0.6) is 0 Å². The lowest BCUT2D eigenvalue weighted by Gasteiger charge is -2.19. The van der Waals surface area contributed by atoms with Gasteiger partial charge in [0.2, 0.25) is 0 Å². The summed E-state index contributed by atoms with van der Waals surface area (Å²) in [6, 6.07) is 52.9. The number of aromatic nitrogens is 3. The number of hydrogen-bond acceptors (Lipinski definition) is 4. The molecule has 0 N–H and O–H groups in total. The molecule has 0 atom stereocenters. The molecular formula is C51H26B7N3O. The average molecular weight is 772 g/mol. The number of benzene rings is 8. The van der Waals surface area contributed by atoms with E-state index in [1.54, 1.807) is 0 Å². The van der Waals surface area contributed by atoms with Crippen molar-refractivity contribution in [2.24, 2.45) is 0 Å². The third-order valence-corrected chi connectivity index (χ3v) is 11.4. The van der Waals surface area contributed by atoms with E-state index < -0.39 is 0 Å². The standard InChI is InChI=1S/C51H26B7N3O/c52-40-37(38-39-41(53)42(54)44(56)46(58)48(39)62-47(38)45(57)43(40)55)35-24-34(29-14-8-3-9-15-29)25-36(26-35)51-60-49(32-20-16-30(17-21-32)27-10-4-1-5-11-27)59-50(61-51)33-22-18-31(19-23-33)28-12-6-2-7-13-28/h1-26H. The van der Waals surface area contributed by atoms with Crippen molar-refractivity contribution in [1.82, 2.24) is 15.0 Å². The van der Waals surface area contributed by atoms with Crippen LogP contribution in [-0.2, 0) is 0 Å². The van der Waals surface area contributed by atoms with Crippen LogP contribution in [0.25, 0.3) is 101 Å². The minimum absolute atomic E-state index is 0.106. The highest BCUT2D eigenvalue weighted by molar-refractivity contribution is 6.68. The molecule has 2 aromatic heterocycles. The summed E-state index contributed by atoms with van der Waals surface area (Å²) >= 11 is 0. The molecule has 10 rings (SSSR count). The maximum Gasteiger partial charge on any atom is 0.164 e. The van der Waals surface area contributed by atoms with Gasteiger partial charge in [0.15, 0.2) is 17.5 Å². The molecule has 0 fully saturated rings. The number of fused-ring (bicyclic) bond motifs is 3. The van der Waals surface area contributed by atoms with Gasteiger partial charge < -0.3 is 4.42 Å². The molecule has 0 bridgehead atoms. The lowest BCUT2D eigenvalue weighted by atomic mass is 9.64. The van der Waals surface area contributed by atoms with E-state index in [2.05, 4.69) is 48.5 Å². The molecule has 0 amide bonds. The molecular weight excluding hydrogens is 746 g/mol. The van der Waals surface area contributed by atoms with Crippen LogP contribution >= 0.6 is 0 Å². The molecule has 0 saturated carbocycles. The van der Waals surface area contributed by atoms with Crippen molar-refractivity contribution in [2.45, 2.75) is 0 Å². The Labute approximate surface area is 369 Å². The van der Waals surface area contributed by atoms with E-state index in [-0.39, 0.29) is 49.4 Å². The molecule has 62 heavy (non-hydrogen) atoms. The van der Waals surface area contributed by atoms with Gasteiger partial charge in [0, 0.05) is 27.5 Å². The summed E-state index contributed by atoms with van der Waals surface area (Å²) in [7, 11) is 46.1. The van der Waals surface area contributed by atoms with E-state index in [1.807, 2.05) is 109 Å². The average Bonchev–Trinajstić information content (AvgIpc) is 3.73. The summed E-state index contributed by atoms with van der Waals surface area (Å²) in [6.07, 6.45) is 0. The summed E-state index contributed by atoms with van der Waals surface area (Å²) in [6.45, 7) is 0. The van der Waals surface area contributed by atoms with Crippen LogP contribution in [-0.4, -0.2) is 69.9 Å². The van der Waals surface area contributed by atoms with Crippen LogP contribution in [0.3, 0.4) is 0 Å². The van der Waals surface area contributed by atoms with Gasteiger partial charge in [-0.15, -0.1) is 16.4 Å². The molecule has 8 aromatic carbocycles. The second kappa shape index (κ2) is 15.8. The maximum atomic E-state index is 6.96. The Morgan fingerprint density at radius 2 is 0.613 bits per heavy atom. The fraction of sp³-hybridized carbons (Fsp3) is 0. The molecule has 11 heteroatoms. The third-order valence-electron chi connectivity index (χ3n) is 11.4. The highest BCUT2D eigenvalue weighted by atomic mass is 16.3. The molecule has 14 radical (unpaired) electrons. The van der Waals surface area contributed by atoms with Crippen molar-refractivity contribution in [3.63, 3.8) is 0 Å². The van der Waals surface area contributed by atoms with Crippen LogP contribution in [0.1, 0.15) is 0 Å². The molecule has 272 valence electrons. The monoisotopic (exact) mass is 773 g/mol. The lowest BCUT2D eigenvalue weighted by molar-refractivity contribution is 0.675. The molecule has 0 unspecified atom stereocenters. The summed E-state index contributed by atoms with van der Waals surface area (Å²) < 4.78 is 6.33. The molecule has 0 saturated heterocycles. The summed E-state index contributed by atoms with van der Waals surface area (Å²) in [5.74, 6) is 1.43. The van der Waals surface area contributed by atoms with Gasteiger partial charge in [-0.2, -0.15) is 0 Å². The quantitative estimate of drug-likeness (QED) is 0.215. The lowest BCUT2D eigenvalue weighted by Crippen LogP contribution is -2.47. The molecule has 10 aromatic rings. The van der Waals surface area contributed by atoms with Crippen LogP contribution in [0.2, 0.25) is 0 Å². The van der Waals surface area contributed by atoms with Gasteiger partial charge in [0.05, 0.1) is 0 Å². The minimum Gasteiger partial charge on any atom is -0.457 e. The van der Waals surface area contributed by atoms with Crippen LogP contribution in [0.15, 0.2) is 162 Å². The third kappa shape index (κ3) is 6.82. The summed E-state index contributed by atoms with van der Waals surface area (Å²) in [5, 5.41) is 0.914. The molecule has 0 aliphatic carbocycles. The van der Waals surface area contributed by atoms with Gasteiger partial charge in [0.1, 0.15) is 66.1 Å². The van der Waals surface area contributed by atoms with Crippen molar-refractivity contribution in [3.8, 4) is 78.7 Å². The fourth-order valence-electron chi connectivity index (χ4n) is 8.04. The molecule has 2 heterocycles. The topological polar surface area (TPSA) is 51.8 Å². The van der Waals surface area contributed by atoms with Crippen molar-refractivity contribution in [3.05, 3.63) is 158 Å². The molecule has 0 spiro atoms. The largest absolute Gasteiger partial charge is 0.457 e. The Kier molecular flexibility index (Phi) is 9.99. The van der Waals surface area contributed by atoms with Crippen molar-refractivity contribution < 1.29 is 4.42 Å². The van der Waals surface area contributed by atoms with E-state index in [1.165, 1.54) is 0 Å². The number of nitrogens with zero attached hydrogens (tertiary/aromatic N) is 3. The molecule has 4 nitrogen and oxygen atoms in total. The first-order valence-electron chi connectivity index (χ1n) is 19.9. The van der Waals surface area contributed by atoms with Gasteiger partial charge >= 0.3 is 0 Å². The van der Waals surface area contributed by atoms with Crippen molar-refractivity contribution >= 4 is 115 Å². The Hall–Kier alpha value is -6.98. The van der Waals surface area contributed by atoms with Gasteiger partial charge in [-0.3, -0.25) is 0 Å². The molecule has 0 aliphatic rings. The Morgan fingerprint density at radius 3 is 1.10 bits per heavy atom. The van der Waals surface area contributed by atoms with Gasteiger partial charge in [0.25, 0.3) is 0 Å². The van der Waals surface area contributed by atoms with E-state index >= 15 is 0 Å². The SMILES string of the molecule is [B]c1c([B])c([B])c2c(oc3c([B])c([B])c([B])c(-c4cc(-c5ccccc5)cc(-c5nc(-c6ccc(-c7ccccc7)cc6)nc(-c6ccc(-c7ccccc7)cc6)n5)c4)c32)c1[B]. The fourth-order valence-corrected chi connectivity index (χ4v) is 8.04. The highest BCUT2D eigenvalue weighted by Gasteiger charge is 2.24. The predicted molar refractivity (Wildman–Crippen MR) is 263 cm³/mol. The van der Waals surface area contributed by atoms with Gasteiger partial charge in [-0.1, -0.05) is 161 Å². The predicted octanol–water partition coefficient (Wildman–Crippen LogP) is 5.00. The van der Waals surface area contributed by atoms with Crippen LogP contribution in [0.4, 0.5) is 0 Å². The van der Waals surface area contributed by atoms with E-state index in [0.717, 1.165) is 44.5 Å². The summed E-state index contributed by atoms with van der Waals surface area (Å²) in [5.41, 5.74) is 11.2. The van der Waals surface area contributed by atoms with Crippen molar-refractivity contribution in [2.75, 3.05) is 0 Å². The van der Waals surface area contributed by atoms with E-state index in [9.17, 15) is 0 Å². The normalized spacial score (nSPS) is 11.4. The first kappa shape index (κ1) is 39.2. The van der Waals surface area contributed by atoms with Gasteiger partial charge in [-0.25, -0.2) is 15.0 Å². The Bertz CT molecular complexity index is 3240. The molecule has 0 aliphatic heterocycles. The number of rotatable bonds is 7. The first-order valence-corrected chi connectivity index (χ1v) is 19.9. The van der Waals surface area contributed by atoms with Crippen LogP contribution < -0.4 is 38.2 Å². The second-order valence-electron chi connectivity index (χ2n) is 15.1. The minimum atomic E-state index is 0.106. The highest BCUT2D eigenvalue weighted by Crippen LogP contribution is 2.38. The zero-order chi connectivity index (χ0) is 42.6. The maximum absolute atomic E-state index is 6.96. The van der Waals surface area contributed by atoms with E-state index in [0.29, 0.717) is 44.9 Å². The zero-order valence-electron chi connectivity index (χ0n) is 33.3. The van der Waals surface area contributed by atoms with Gasteiger partial charge in [-0.05, 0) is 62.7 Å². The number of furan rings is 1. The van der Waals surface area contributed by atoms with E-state index in [4.69, 9.17) is 74.3 Å². The second-order valence-corrected chi connectivity index (χ2v) is 15.1. The zero-order valence-corrected chi connectivity index (χ0v) is 33.3. The Balaban J connectivity index is 1.22. The van der Waals surface area contributed by atoms with Crippen molar-refractivity contribution in [1.29, 1.82) is 0 Å².